The molecule has 0 bridgehead atoms. The van der Waals surface area contributed by atoms with Crippen molar-refractivity contribution in [1.82, 2.24) is 9.97 Å². The Morgan fingerprint density at radius 2 is 1.84 bits per heavy atom. The van der Waals surface area contributed by atoms with Crippen molar-refractivity contribution in [3.8, 4) is 34.9 Å². The molecule has 0 atom stereocenters. The average molecular weight is 520 g/mol. The van der Waals surface area contributed by atoms with Gasteiger partial charge in [-0.2, -0.15) is 10.5 Å². The molecule has 37 heavy (non-hydrogen) atoms. The molecule has 0 unspecified atom stereocenters. The minimum Gasteiger partial charge on any atom is -0.491 e. The van der Waals surface area contributed by atoms with Crippen LogP contribution < -0.4 is 14.4 Å². The predicted molar refractivity (Wildman–Crippen MR) is 137 cm³/mol. The van der Waals surface area contributed by atoms with E-state index in [0.717, 1.165) is 5.56 Å². The molecule has 10 nitrogen and oxygen atoms in total. The first kappa shape index (κ1) is 27.3. The zero-order chi connectivity index (χ0) is 26.8. The fourth-order valence-electron chi connectivity index (χ4n) is 3.41. The van der Waals surface area contributed by atoms with Crippen LogP contribution in [0, 0.1) is 22.7 Å². The number of thioether (sulfide) groups is 1. The molecule has 0 saturated carbocycles. The fourth-order valence-corrected chi connectivity index (χ4v) is 4.33. The normalized spacial score (nSPS) is 10.2. The number of methoxy groups -OCH3 is 2. The van der Waals surface area contributed by atoms with E-state index >= 15 is 0 Å². The number of rotatable bonds is 11. The van der Waals surface area contributed by atoms with Crippen molar-refractivity contribution in [3.63, 3.8) is 0 Å². The van der Waals surface area contributed by atoms with E-state index in [9.17, 15) is 15.3 Å². The maximum absolute atomic E-state index is 12.0. The number of ether oxygens (including phenoxy) is 3. The summed E-state index contributed by atoms with van der Waals surface area (Å²) in [4.78, 5) is 22.3. The molecule has 1 aromatic carbocycles. The fraction of sp³-hybridized carbons (Fsp3) is 0.269. The van der Waals surface area contributed by atoms with Crippen molar-refractivity contribution in [2.24, 2.45) is 0 Å². The van der Waals surface area contributed by atoms with Gasteiger partial charge in [0.2, 0.25) is 5.88 Å². The highest BCUT2D eigenvalue weighted by Crippen LogP contribution is 2.39. The Morgan fingerprint density at radius 1 is 1.11 bits per heavy atom. The highest BCUT2D eigenvalue weighted by Gasteiger charge is 2.24. The zero-order valence-electron chi connectivity index (χ0n) is 20.6. The van der Waals surface area contributed by atoms with Gasteiger partial charge in [0.05, 0.1) is 26.4 Å². The van der Waals surface area contributed by atoms with Crippen molar-refractivity contribution in [2.45, 2.75) is 10.8 Å². The minimum atomic E-state index is -0.497. The summed E-state index contributed by atoms with van der Waals surface area (Å²) in [5.41, 5.74) is 2.28. The van der Waals surface area contributed by atoms with Crippen LogP contribution in [0.3, 0.4) is 0 Å². The monoisotopic (exact) mass is 519 g/mol. The number of carbonyl (C=O) groups is 1. The van der Waals surface area contributed by atoms with E-state index < -0.39 is 5.97 Å². The SMILES string of the molecule is COC(=O)CN(C)c1nc(SCc2ccc(OC)nc2)c(C#N)c(-c2ccc(OCCO)cc2)c1C#N. The Hall–Kier alpha value is -4.32. The Morgan fingerprint density at radius 3 is 2.41 bits per heavy atom. The lowest BCUT2D eigenvalue weighted by molar-refractivity contribution is -0.138. The number of pyridine rings is 2. The van der Waals surface area contributed by atoms with Crippen molar-refractivity contribution in [3.05, 3.63) is 59.3 Å². The van der Waals surface area contributed by atoms with E-state index in [1.54, 1.807) is 43.6 Å². The van der Waals surface area contributed by atoms with E-state index in [1.165, 1.54) is 30.9 Å². The number of likely N-dealkylation sites (N-methyl/N-ethyl adjacent to an activating group) is 1. The topological polar surface area (TPSA) is 142 Å². The predicted octanol–water partition coefficient (Wildman–Crippen LogP) is 3.17. The van der Waals surface area contributed by atoms with E-state index in [2.05, 4.69) is 22.1 Å². The van der Waals surface area contributed by atoms with Crippen LogP contribution in [0.15, 0.2) is 47.6 Å². The Kier molecular flexibility index (Phi) is 9.67. The molecule has 0 spiro atoms. The first-order chi connectivity index (χ1) is 17.9. The number of hydrogen-bond donors (Lipinski definition) is 1. The molecule has 190 valence electrons. The minimum absolute atomic E-state index is 0.122. The molecule has 3 aromatic rings. The van der Waals surface area contributed by atoms with Crippen molar-refractivity contribution in [1.29, 1.82) is 10.5 Å². The van der Waals surface area contributed by atoms with Crippen LogP contribution in [0.1, 0.15) is 16.7 Å². The van der Waals surface area contributed by atoms with E-state index in [1.807, 2.05) is 6.07 Å². The van der Waals surface area contributed by atoms with E-state index in [4.69, 9.17) is 19.3 Å². The van der Waals surface area contributed by atoms with Gasteiger partial charge in [0.15, 0.2) is 0 Å². The van der Waals surface area contributed by atoms with Gasteiger partial charge in [0.25, 0.3) is 0 Å². The summed E-state index contributed by atoms with van der Waals surface area (Å²) in [6, 6.07) is 14.8. The molecule has 11 heteroatoms. The number of esters is 1. The molecule has 0 radical (unpaired) electrons. The Bertz CT molecular complexity index is 1320. The lowest BCUT2D eigenvalue weighted by Gasteiger charge is -2.22. The van der Waals surface area contributed by atoms with Crippen molar-refractivity contribution >= 4 is 23.5 Å². The molecule has 2 heterocycles. The van der Waals surface area contributed by atoms with Gasteiger partial charge >= 0.3 is 5.97 Å². The number of aromatic nitrogens is 2. The molecule has 0 amide bonds. The molecule has 3 rings (SSSR count). The molecule has 1 N–H and O–H groups in total. The van der Waals surface area contributed by atoms with Gasteiger partial charge in [-0.25, -0.2) is 9.97 Å². The standard InChI is InChI=1S/C26H25N5O5S/c1-31(15-23(33)35-3)25-20(12-27)24(18-5-7-19(8-6-18)36-11-10-32)21(13-28)26(30-25)37-16-17-4-9-22(34-2)29-14-17/h4-9,14,32H,10-11,15-16H2,1-3H3. The lowest BCUT2D eigenvalue weighted by atomic mass is 9.96. The summed E-state index contributed by atoms with van der Waals surface area (Å²) in [6.07, 6.45) is 1.68. The highest BCUT2D eigenvalue weighted by atomic mass is 32.2. The van der Waals surface area contributed by atoms with Gasteiger partial charge in [-0.1, -0.05) is 18.2 Å². The molecule has 0 aliphatic carbocycles. The second-order valence-electron chi connectivity index (χ2n) is 7.62. The number of carbonyl (C=O) groups excluding carboxylic acids is 1. The quantitative estimate of drug-likeness (QED) is 0.295. The molecule has 2 aromatic heterocycles. The van der Waals surface area contributed by atoms with Crippen LogP contribution in [-0.2, 0) is 15.3 Å². The maximum Gasteiger partial charge on any atom is 0.325 e. The van der Waals surface area contributed by atoms with Crippen LogP contribution in [-0.4, -0.2) is 62.1 Å². The third kappa shape index (κ3) is 6.67. The molecule has 0 fully saturated rings. The third-order valence-electron chi connectivity index (χ3n) is 5.21. The van der Waals surface area contributed by atoms with Gasteiger partial charge in [-0.3, -0.25) is 4.79 Å². The number of anilines is 1. The van der Waals surface area contributed by atoms with Crippen LogP contribution in [0.2, 0.25) is 0 Å². The van der Waals surface area contributed by atoms with E-state index in [-0.39, 0.29) is 36.7 Å². The van der Waals surface area contributed by atoms with Crippen molar-refractivity contribution < 1.29 is 24.1 Å². The summed E-state index contributed by atoms with van der Waals surface area (Å²) in [5.74, 6) is 1.23. The summed E-state index contributed by atoms with van der Waals surface area (Å²) in [5, 5.41) is 29.7. The summed E-state index contributed by atoms with van der Waals surface area (Å²) < 4.78 is 15.3. The second kappa shape index (κ2) is 13.1. The third-order valence-corrected chi connectivity index (χ3v) is 6.26. The smallest absolute Gasteiger partial charge is 0.325 e. The maximum atomic E-state index is 12.0. The largest absolute Gasteiger partial charge is 0.491 e. The summed E-state index contributed by atoms with van der Waals surface area (Å²) in [7, 11) is 4.45. The lowest BCUT2D eigenvalue weighted by Crippen LogP contribution is -2.28. The van der Waals surface area contributed by atoms with Gasteiger partial charge < -0.3 is 24.2 Å². The number of benzene rings is 1. The van der Waals surface area contributed by atoms with E-state index in [0.29, 0.717) is 33.5 Å². The van der Waals surface area contributed by atoms with Crippen LogP contribution >= 0.6 is 11.8 Å². The van der Waals surface area contributed by atoms with Gasteiger partial charge in [-0.15, -0.1) is 11.8 Å². The molecule has 0 aliphatic heterocycles. The first-order valence-electron chi connectivity index (χ1n) is 11.1. The Balaban J connectivity index is 2.11. The van der Waals surface area contributed by atoms with Crippen LogP contribution in [0.4, 0.5) is 5.82 Å². The van der Waals surface area contributed by atoms with Gasteiger partial charge in [0.1, 0.15) is 47.4 Å². The second-order valence-corrected chi connectivity index (χ2v) is 8.58. The van der Waals surface area contributed by atoms with Gasteiger partial charge in [0, 0.05) is 30.6 Å². The Labute approximate surface area is 219 Å². The highest BCUT2D eigenvalue weighted by molar-refractivity contribution is 7.98. The van der Waals surface area contributed by atoms with Crippen LogP contribution in [0.5, 0.6) is 11.6 Å². The molecule has 0 saturated heterocycles. The first-order valence-corrected chi connectivity index (χ1v) is 12.1. The molecular weight excluding hydrogens is 494 g/mol. The average Bonchev–Trinajstić information content (AvgIpc) is 2.94. The van der Waals surface area contributed by atoms with Gasteiger partial charge in [-0.05, 0) is 23.3 Å². The number of aliphatic hydroxyl groups excluding tert-OH is 1. The zero-order valence-corrected chi connectivity index (χ0v) is 21.4. The number of nitriles is 2. The molecular formula is C26H25N5O5S. The number of hydrogen-bond acceptors (Lipinski definition) is 11. The molecule has 0 aliphatic rings. The van der Waals surface area contributed by atoms with Crippen LogP contribution in [0.25, 0.3) is 11.1 Å². The summed E-state index contributed by atoms with van der Waals surface area (Å²) >= 11 is 1.32. The number of aliphatic hydroxyl groups is 1. The van der Waals surface area contributed by atoms with Crippen molar-refractivity contribution in [2.75, 3.05) is 45.9 Å². The summed E-state index contributed by atoms with van der Waals surface area (Å²) in [6.45, 7) is -0.113. The number of nitrogens with zero attached hydrogens (tertiary/aromatic N) is 5.